The molecule has 0 bridgehead atoms. The Labute approximate surface area is 364 Å². The van der Waals surface area contributed by atoms with Crippen LogP contribution in [-0.4, -0.2) is 32.8 Å². The van der Waals surface area contributed by atoms with Crippen molar-refractivity contribution in [2.75, 3.05) is 0 Å². The van der Waals surface area contributed by atoms with Crippen molar-refractivity contribution in [3.63, 3.8) is 0 Å². The zero-order valence-corrected chi connectivity index (χ0v) is 35.8. The summed E-state index contributed by atoms with van der Waals surface area (Å²) in [5.41, 5.74) is 10.8. The van der Waals surface area contributed by atoms with Crippen LogP contribution in [-0.2, 0) is 28.3 Å². The van der Waals surface area contributed by atoms with Gasteiger partial charge in [-0.2, -0.15) is 0 Å². The van der Waals surface area contributed by atoms with Crippen LogP contribution in [0.15, 0.2) is 218 Å². The molecule has 2 aliphatic heterocycles. The summed E-state index contributed by atoms with van der Waals surface area (Å²) in [5.74, 6) is 1.16. The number of ether oxygens (including phenoxy) is 2. The highest BCUT2D eigenvalue weighted by atomic mass is 27.2. The van der Waals surface area contributed by atoms with Gasteiger partial charge in [0.1, 0.15) is 23.4 Å². The van der Waals surface area contributed by atoms with Crippen molar-refractivity contribution in [3.05, 3.63) is 241 Å². The summed E-state index contributed by atoms with van der Waals surface area (Å²) in [5, 5.41) is 0. The first kappa shape index (κ1) is 39.3. The normalized spacial score (nSPS) is 18.8. The van der Waals surface area contributed by atoms with Crippen molar-refractivity contribution in [2.45, 2.75) is 48.8 Å². The second-order valence-corrected chi connectivity index (χ2v) is 18.1. The molecule has 5 heteroatoms. The maximum Gasteiger partial charge on any atom is 0.672 e. The molecule has 0 N–H and O–H groups in total. The van der Waals surface area contributed by atoms with E-state index in [1.807, 2.05) is 38.1 Å². The van der Waals surface area contributed by atoms with E-state index in [9.17, 15) is 0 Å². The van der Waals surface area contributed by atoms with Gasteiger partial charge in [-0.3, -0.25) is 0 Å². The van der Waals surface area contributed by atoms with Crippen molar-refractivity contribution in [3.8, 4) is 44.5 Å². The molecule has 0 aliphatic carbocycles. The topological polar surface area (TPSA) is 36.9 Å². The maximum atomic E-state index is 7.67. The molecule has 0 spiro atoms. The molecule has 0 unspecified atom stereocenters. The van der Waals surface area contributed by atoms with E-state index in [-0.39, 0.29) is 0 Å². The average Bonchev–Trinajstić information content (AvgIpc) is 3.62. The second kappa shape index (κ2) is 16.2. The van der Waals surface area contributed by atoms with Crippen molar-refractivity contribution >= 4 is 14.8 Å². The predicted octanol–water partition coefficient (Wildman–Crippen LogP) is 13.2. The summed E-state index contributed by atoms with van der Waals surface area (Å²) < 4.78 is 30.0. The van der Waals surface area contributed by atoms with Gasteiger partial charge in [-0.25, -0.2) is 0 Å². The van der Waals surface area contributed by atoms with Crippen molar-refractivity contribution in [2.24, 2.45) is 0 Å². The van der Waals surface area contributed by atoms with Crippen LogP contribution >= 0.6 is 0 Å². The lowest BCUT2D eigenvalue weighted by Crippen LogP contribution is -2.53. The van der Waals surface area contributed by atoms with Crippen LogP contribution in [0.2, 0.25) is 5.79 Å². The zero-order valence-electron chi connectivity index (χ0n) is 34.6. The molecule has 2 saturated heterocycles. The van der Waals surface area contributed by atoms with Crippen molar-refractivity contribution in [1.29, 1.82) is 0 Å². The van der Waals surface area contributed by atoms with Crippen LogP contribution in [0.25, 0.3) is 44.5 Å². The molecule has 0 aromatic heterocycles. The lowest BCUT2D eigenvalue weighted by Gasteiger charge is -2.44. The van der Waals surface area contributed by atoms with E-state index < -0.39 is 44.0 Å². The van der Waals surface area contributed by atoms with E-state index >= 15 is 0 Å². The lowest BCUT2D eigenvalue weighted by atomic mass is 9.71. The molecule has 8 aromatic rings. The molecule has 0 radical (unpaired) electrons. The van der Waals surface area contributed by atoms with Gasteiger partial charge in [0.2, 0.25) is 0 Å². The Hall–Kier alpha value is -5.87. The van der Waals surface area contributed by atoms with Gasteiger partial charge in [0, 0.05) is 0 Å². The van der Waals surface area contributed by atoms with Gasteiger partial charge in [0.25, 0.3) is 0 Å². The minimum atomic E-state index is -2.62. The summed E-state index contributed by atoms with van der Waals surface area (Å²) >= 11 is -2.62. The molecule has 2 heterocycles. The van der Waals surface area contributed by atoms with Gasteiger partial charge in [-0.05, 0) is 80.6 Å². The first-order valence-corrected chi connectivity index (χ1v) is 23.3. The Balaban J connectivity index is 1.19. The zero-order chi connectivity index (χ0) is 41.4. The highest BCUT2D eigenvalue weighted by Gasteiger charge is 2.66. The largest absolute Gasteiger partial charge is 0.672 e. The summed E-state index contributed by atoms with van der Waals surface area (Å²) in [6.45, 7) is 4.01. The third-order valence-electron chi connectivity index (χ3n) is 12.3. The van der Waals surface area contributed by atoms with Gasteiger partial charge in [0.15, 0.2) is 5.79 Å². The number of hydrogen-bond acceptors (Lipinski definition) is 4. The quantitative estimate of drug-likeness (QED) is 0.143. The molecular weight excluding hydrogens is 764 g/mol. The van der Waals surface area contributed by atoms with Crippen LogP contribution < -0.4 is 0 Å². The Morgan fingerprint density at radius 2 is 0.525 bits per heavy atom. The number of hydrogen-bond donors (Lipinski definition) is 0. The van der Waals surface area contributed by atoms with Crippen LogP contribution in [0, 0.1) is 0 Å². The smallest absolute Gasteiger partial charge is 0.465 e. The fourth-order valence-electron chi connectivity index (χ4n) is 9.46. The van der Waals surface area contributed by atoms with Gasteiger partial charge in [-0.1, -0.05) is 224 Å². The van der Waals surface area contributed by atoms with E-state index in [2.05, 4.69) is 200 Å². The summed E-state index contributed by atoms with van der Waals surface area (Å²) in [7, 11) is 0. The highest BCUT2D eigenvalue weighted by molar-refractivity contribution is 6.43. The summed E-state index contributed by atoms with van der Waals surface area (Å²) in [6, 6.07) is 77.2. The summed E-state index contributed by atoms with van der Waals surface area (Å²) in [6.07, 6.45) is -1.29. The second-order valence-electron chi connectivity index (χ2n) is 16.5. The monoisotopic (exact) mass is 810 g/mol. The molecule has 2 atom stereocenters. The fraction of sp³-hybridized carbons (Fsp3) is 0.143. The first-order chi connectivity index (χ1) is 29.8. The molecular formula is C56H47AlO4. The molecule has 2 fully saturated rings. The molecule has 4 nitrogen and oxygen atoms in total. The molecule has 0 amide bonds. The van der Waals surface area contributed by atoms with Crippen LogP contribution in [0.4, 0.5) is 0 Å². The predicted molar refractivity (Wildman–Crippen MR) is 247 cm³/mol. The van der Waals surface area contributed by atoms with Gasteiger partial charge in [-0.15, -0.1) is 0 Å². The Morgan fingerprint density at radius 3 is 0.754 bits per heavy atom. The lowest BCUT2D eigenvalue weighted by molar-refractivity contribution is -0.177. The molecule has 0 saturated carbocycles. The number of benzene rings is 8. The van der Waals surface area contributed by atoms with Gasteiger partial charge >= 0.3 is 14.8 Å². The maximum absolute atomic E-state index is 7.67. The number of rotatable bonds is 8. The standard InChI is InChI=1S/C55H44O4.CH3.Al/c1-53(2)58-51(54(56,47-31-23-43(24-32-47)39-15-7-3-8-16-39)48-33-25-44(26-34-48)40-17-9-4-10-18-40)52(59-53)55(57,49-35-27-45(28-36-49)41-19-11-5-12-20-41)50-37-29-46(30-38-50)42-21-13-6-14-22-42;;/h3-38,51-52H,1-2H3;1H3;/q-2;;+2/t51-,52-;;/m1../s1. The van der Waals surface area contributed by atoms with E-state index in [0.717, 1.165) is 66.8 Å². The average molecular weight is 811 g/mol. The minimum absolute atomic E-state index is 0.646. The molecule has 298 valence electrons. The van der Waals surface area contributed by atoms with Gasteiger partial charge in [0.05, 0.1) is 0 Å². The summed E-state index contributed by atoms with van der Waals surface area (Å²) in [4.78, 5) is 0. The third-order valence-corrected chi connectivity index (χ3v) is 13.7. The fourth-order valence-corrected chi connectivity index (χ4v) is 11.4. The molecule has 10 rings (SSSR count). The SMILES string of the molecule is [CH3][Al]1[O]C(c2ccc(-c3ccccc3)cc2)(c2ccc(-c3ccccc3)cc2)[C@@H]2OC(C)(C)O[C@H]2C(c2ccc(-c3ccccc3)cc2)(c2ccc(-c3ccccc3)cc2)[O]1. The first-order valence-electron chi connectivity index (χ1n) is 21.2. The van der Waals surface area contributed by atoms with Crippen molar-refractivity contribution in [1.82, 2.24) is 0 Å². The third kappa shape index (κ3) is 7.28. The molecule has 61 heavy (non-hydrogen) atoms. The Bertz CT molecular complexity index is 2350. The van der Waals surface area contributed by atoms with Crippen LogP contribution in [0.3, 0.4) is 0 Å². The van der Waals surface area contributed by atoms with E-state index in [4.69, 9.17) is 17.1 Å². The van der Waals surface area contributed by atoms with Crippen LogP contribution in [0.5, 0.6) is 0 Å². The van der Waals surface area contributed by atoms with E-state index in [1.54, 1.807) is 0 Å². The van der Waals surface area contributed by atoms with Crippen LogP contribution in [0.1, 0.15) is 36.1 Å². The van der Waals surface area contributed by atoms with E-state index in [0.29, 0.717) is 0 Å². The molecule has 2 aliphatic rings. The van der Waals surface area contributed by atoms with E-state index in [1.165, 1.54) is 0 Å². The minimum Gasteiger partial charge on any atom is -0.465 e. The molecule has 8 aromatic carbocycles. The number of fused-ring (bicyclic) bond motifs is 1. The highest BCUT2D eigenvalue weighted by Crippen LogP contribution is 2.56. The van der Waals surface area contributed by atoms with Gasteiger partial charge < -0.3 is 17.1 Å². The Morgan fingerprint density at radius 1 is 0.311 bits per heavy atom. The van der Waals surface area contributed by atoms with Crippen molar-refractivity contribution < 1.29 is 17.1 Å². The Kier molecular flexibility index (Phi) is 10.4.